The normalized spacial score (nSPS) is 18.3. The minimum absolute atomic E-state index is 1.16. The van der Waals surface area contributed by atoms with Crippen molar-refractivity contribution in [3.05, 3.63) is 45.7 Å². The van der Waals surface area contributed by atoms with Crippen LogP contribution in [0.1, 0.15) is 0 Å². The molecule has 0 fully saturated rings. The van der Waals surface area contributed by atoms with Crippen molar-refractivity contribution in [2.75, 3.05) is 5.75 Å². The van der Waals surface area contributed by atoms with Crippen LogP contribution in [0.5, 0.6) is 0 Å². The fourth-order valence-corrected chi connectivity index (χ4v) is 2.75. The highest BCUT2D eigenvalue weighted by Gasteiger charge is 2.14. The van der Waals surface area contributed by atoms with E-state index in [1.165, 1.54) is 21.6 Å². The maximum atomic E-state index is 2.28. The summed E-state index contributed by atoms with van der Waals surface area (Å²) in [5, 5.41) is 5.09. The van der Waals surface area contributed by atoms with E-state index in [1.807, 2.05) is 11.8 Å². The van der Waals surface area contributed by atoms with E-state index >= 15 is 0 Å². The Morgan fingerprint density at radius 1 is 1.17 bits per heavy atom. The number of hydrogen-bond donors (Lipinski definition) is 0. The number of fused-ring (bicyclic) bond motifs is 2. The Morgan fingerprint density at radius 3 is 3.08 bits per heavy atom. The summed E-state index contributed by atoms with van der Waals surface area (Å²) in [6.45, 7) is 0. The van der Waals surface area contributed by atoms with E-state index in [2.05, 4.69) is 35.7 Å². The summed E-state index contributed by atoms with van der Waals surface area (Å²) < 4.78 is 0. The molecule has 1 heterocycles. The molecule has 1 aromatic carbocycles. The van der Waals surface area contributed by atoms with Crippen LogP contribution in [0.2, 0.25) is 0 Å². The third kappa shape index (κ3) is 0.745. The van der Waals surface area contributed by atoms with Gasteiger partial charge in [-0.1, -0.05) is 24.3 Å². The highest BCUT2D eigenvalue weighted by molar-refractivity contribution is 8.03. The predicted octanol–water partition coefficient (Wildman–Crippen LogP) is 1.26. The van der Waals surface area contributed by atoms with Gasteiger partial charge in [0.25, 0.3) is 0 Å². The molecule has 12 heavy (non-hydrogen) atoms. The van der Waals surface area contributed by atoms with Gasteiger partial charge in [0.15, 0.2) is 0 Å². The van der Waals surface area contributed by atoms with Crippen LogP contribution in [0.25, 0.3) is 11.6 Å². The summed E-state index contributed by atoms with van der Waals surface area (Å²) >= 11 is 1.90. The molecule has 0 atom stereocenters. The first kappa shape index (κ1) is 6.55. The van der Waals surface area contributed by atoms with Crippen LogP contribution in [0, 0.1) is 0 Å². The Balaban J connectivity index is 2.52. The Hall–Kier alpha value is -0.950. The average Bonchev–Trinajstić information content (AvgIpc) is 2.62. The lowest BCUT2D eigenvalue weighted by molar-refractivity contribution is 1.52. The lowest BCUT2D eigenvalue weighted by Gasteiger charge is -1.91. The molecule has 0 nitrogen and oxygen atoms in total. The van der Waals surface area contributed by atoms with E-state index in [1.54, 1.807) is 0 Å². The number of thioether (sulfide) groups is 1. The molecule has 0 saturated heterocycles. The van der Waals surface area contributed by atoms with Gasteiger partial charge in [-0.2, -0.15) is 0 Å². The molecule has 1 aliphatic carbocycles. The van der Waals surface area contributed by atoms with Crippen molar-refractivity contribution in [2.45, 2.75) is 0 Å². The van der Waals surface area contributed by atoms with Crippen molar-refractivity contribution in [1.29, 1.82) is 0 Å². The van der Waals surface area contributed by atoms with Crippen LogP contribution in [-0.4, -0.2) is 5.75 Å². The van der Waals surface area contributed by atoms with E-state index in [4.69, 9.17) is 0 Å². The predicted molar refractivity (Wildman–Crippen MR) is 54.1 cm³/mol. The van der Waals surface area contributed by atoms with Crippen molar-refractivity contribution < 1.29 is 0 Å². The minimum atomic E-state index is 1.16. The summed E-state index contributed by atoms with van der Waals surface area (Å²) in [5.41, 5.74) is 2.96. The summed E-state index contributed by atoms with van der Waals surface area (Å²) in [6, 6.07) is 8.62. The van der Waals surface area contributed by atoms with Crippen LogP contribution in [0.15, 0.2) is 35.2 Å². The van der Waals surface area contributed by atoms with Gasteiger partial charge in [-0.15, -0.1) is 11.8 Å². The number of hydrogen-bond acceptors (Lipinski definition) is 1. The molecule has 58 valence electrons. The second-order valence-electron chi connectivity index (χ2n) is 3.09. The van der Waals surface area contributed by atoms with Gasteiger partial charge in [0.2, 0.25) is 0 Å². The molecule has 0 saturated carbocycles. The highest BCUT2D eigenvalue weighted by atomic mass is 32.2. The van der Waals surface area contributed by atoms with E-state index in [0.29, 0.717) is 0 Å². The fraction of sp³-hybridized carbons (Fsp3) is 0.0909. The second kappa shape index (κ2) is 2.27. The largest absolute Gasteiger partial charge is 0.129 e. The number of rotatable bonds is 0. The highest BCUT2D eigenvalue weighted by Crippen LogP contribution is 2.29. The summed E-state index contributed by atoms with van der Waals surface area (Å²) in [5.74, 6) is 1.16. The Bertz CT molecular complexity index is 480. The van der Waals surface area contributed by atoms with Gasteiger partial charge >= 0.3 is 0 Å². The molecule has 2 aliphatic rings. The first-order valence-corrected chi connectivity index (χ1v) is 5.12. The molecule has 3 rings (SSSR count). The average molecular weight is 172 g/mol. The van der Waals surface area contributed by atoms with Gasteiger partial charge in [-0.3, -0.25) is 0 Å². The maximum absolute atomic E-state index is 2.28. The first-order chi connectivity index (χ1) is 5.95. The molecule has 0 bridgehead atoms. The van der Waals surface area contributed by atoms with Crippen molar-refractivity contribution in [1.82, 2.24) is 0 Å². The van der Waals surface area contributed by atoms with Crippen molar-refractivity contribution in [2.24, 2.45) is 0 Å². The first-order valence-electron chi connectivity index (χ1n) is 4.07. The van der Waals surface area contributed by atoms with Gasteiger partial charge in [-0.25, -0.2) is 0 Å². The lowest BCUT2D eigenvalue weighted by atomic mass is 10.1. The van der Waals surface area contributed by atoms with Crippen LogP contribution in [0.3, 0.4) is 0 Å². The van der Waals surface area contributed by atoms with Crippen molar-refractivity contribution >= 4 is 23.4 Å². The second-order valence-corrected chi connectivity index (χ2v) is 3.95. The zero-order valence-electron chi connectivity index (χ0n) is 6.58. The quantitative estimate of drug-likeness (QED) is 0.568. The molecule has 0 N–H and O–H groups in total. The zero-order chi connectivity index (χ0) is 7.97. The lowest BCUT2D eigenvalue weighted by Crippen LogP contribution is -2.22. The maximum Gasteiger partial charge on any atom is 0.0238 e. The number of benzene rings is 1. The molecule has 1 aromatic rings. The van der Waals surface area contributed by atoms with Gasteiger partial charge < -0.3 is 0 Å². The standard InChI is InChI=1S/C11H8S/c1-2-4-10-8(3-1)5-9-6-12-7-11(9)10/h1-6H,7H2. The van der Waals surface area contributed by atoms with Crippen LogP contribution in [0.4, 0.5) is 0 Å². The zero-order valence-corrected chi connectivity index (χ0v) is 7.40. The van der Waals surface area contributed by atoms with E-state index in [9.17, 15) is 0 Å². The van der Waals surface area contributed by atoms with Gasteiger partial charge in [0.1, 0.15) is 0 Å². The SMILES string of the molecule is C1=C2C=c3ccccc3=C2CS1. The van der Waals surface area contributed by atoms with E-state index in [-0.39, 0.29) is 0 Å². The monoisotopic (exact) mass is 172 g/mol. The van der Waals surface area contributed by atoms with Gasteiger partial charge in [0.05, 0.1) is 0 Å². The smallest absolute Gasteiger partial charge is 0.0238 e. The Morgan fingerprint density at radius 2 is 2.08 bits per heavy atom. The third-order valence-electron chi connectivity index (χ3n) is 2.38. The van der Waals surface area contributed by atoms with Crippen molar-refractivity contribution in [3.8, 4) is 0 Å². The van der Waals surface area contributed by atoms with Gasteiger partial charge in [-0.05, 0) is 33.1 Å². The van der Waals surface area contributed by atoms with Crippen LogP contribution in [-0.2, 0) is 0 Å². The minimum Gasteiger partial charge on any atom is -0.129 e. The fourth-order valence-electron chi connectivity index (χ4n) is 1.79. The van der Waals surface area contributed by atoms with Crippen LogP contribution < -0.4 is 10.4 Å². The van der Waals surface area contributed by atoms with Gasteiger partial charge in [0, 0.05) is 5.75 Å². The Labute approximate surface area is 75.3 Å². The van der Waals surface area contributed by atoms with E-state index < -0.39 is 0 Å². The molecule has 0 aromatic heterocycles. The molecule has 1 heteroatoms. The molecule has 0 amide bonds. The molecule has 1 aliphatic heterocycles. The molecular formula is C11H8S. The third-order valence-corrected chi connectivity index (χ3v) is 3.26. The molecule has 0 radical (unpaired) electrons. The summed E-state index contributed by atoms with van der Waals surface area (Å²) in [7, 11) is 0. The number of allylic oxidation sites excluding steroid dienone is 1. The Kier molecular flexibility index (Phi) is 1.24. The van der Waals surface area contributed by atoms with E-state index in [0.717, 1.165) is 5.75 Å². The topological polar surface area (TPSA) is 0 Å². The molecule has 0 spiro atoms. The molecular weight excluding hydrogens is 164 g/mol. The summed E-state index contributed by atoms with van der Waals surface area (Å²) in [4.78, 5) is 0. The van der Waals surface area contributed by atoms with Crippen LogP contribution >= 0.6 is 11.8 Å². The summed E-state index contributed by atoms with van der Waals surface area (Å²) in [6.07, 6.45) is 2.28. The van der Waals surface area contributed by atoms with Crippen molar-refractivity contribution in [3.63, 3.8) is 0 Å². The molecule has 0 unspecified atom stereocenters.